The first-order chi connectivity index (χ1) is 15.7. The smallest absolute Gasteiger partial charge is 0.408 e. The van der Waals surface area contributed by atoms with E-state index in [2.05, 4.69) is 31.6 Å². The van der Waals surface area contributed by atoms with E-state index < -0.39 is 17.7 Å². The number of amides is 1. The second kappa shape index (κ2) is 8.74. The number of rotatable bonds is 5. The molecule has 0 aliphatic heterocycles. The van der Waals surface area contributed by atoms with Crippen LogP contribution in [0.2, 0.25) is 0 Å². The van der Waals surface area contributed by atoms with Gasteiger partial charge >= 0.3 is 6.09 Å². The number of nitrogens with one attached hydrogen (secondary N) is 3. The molecule has 3 N–H and O–H groups in total. The summed E-state index contributed by atoms with van der Waals surface area (Å²) in [6, 6.07) is 12.9. The van der Waals surface area contributed by atoms with Gasteiger partial charge < -0.3 is 15.0 Å². The Labute approximate surface area is 189 Å². The summed E-state index contributed by atoms with van der Waals surface area (Å²) in [4.78, 5) is 20.3. The molecule has 9 heteroatoms. The molecule has 0 saturated heterocycles. The Kier molecular flexibility index (Phi) is 5.84. The van der Waals surface area contributed by atoms with Crippen molar-refractivity contribution in [1.29, 1.82) is 5.26 Å². The lowest BCUT2D eigenvalue weighted by Crippen LogP contribution is -2.36. The fourth-order valence-corrected chi connectivity index (χ4v) is 3.55. The zero-order chi connectivity index (χ0) is 23.6. The number of hydrogen-bond donors (Lipinski definition) is 3. The minimum Gasteiger partial charge on any atom is -0.444 e. The van der Waals surface area contributed by atoms with Crippen molar-refractivity contribution in [2.45, 2.75) is 38.8 Å². The number of alkyl carbamates (subject to hydrolysis) is 1. The second-order valence-corrected chi connectivity index (χ2v) is 8.61. The maximum atomic E-state index is 13.3. The number of ether oxygens (including phenoxy) is 1. The van der Waals surface area contributed by atoms with Gasteiger partial charge in [-0.05, 0) is 62.7 Å². The molecular formula is C24H23FN6O2. The van der Waals surface area contributed by atoms with E-state index in [0.717, 1.165) is 16.5 Å². The van der Waals surface area contributed by atoms with Crippen LogP contribution in [0.15, 0.2) is 48.7 Å². The minimum atomic E-state index is -0.677. The Morgan fingerprint density at radius 1 is 1.24 bits per heavy atom. The Balaban J connectivity index is 1.68. The summed E-state index contributed by atoms with van der Waals surface area (Å²) in [6.45, 7) is 5.34. The first-order valence-electron chi connectivity index (χ1n) is 10.4. The lowest BCUT2D eigenvalue weighted by molar-refractivity contribution is 0.0501. The van der Waals surface area contributed by atoms with Crippen molar-refractivity contribution in [1.82, 2.24) is 25.5 Å². The molecular weight excluding hydrogens is 423 g/mol. The molecule has 4 rings (SSSR count). The fourth-order valence-electron chi connectivity index (χ4n) is 3.55. The van der Waals surface area contributed by atoms with Crippen LogP contribution in [-0.4, -0.2) is 31.9 Å². The zero-order valence-electron chi connectivity index (χ0n) is 18.4. The molecule has 1 amide bonds. The maximum absolute atomic E-state index is 13.3. The summed E-state index contributed by atoms with van der Waals surface area (Å²) in [5.41, 5.74) is 2.15. The number of aromatic nitrogens is 4. The third-order valence-corrected chi connectivity index (χ3v) is 4.96. The van der Waals surface area contributed by atoms with Crippen LogP contribution in [0.25, 0.3) is 22.3 Å². The van der Waals surface area contributed by atoms with E-state index in [9.17, 15) is 14.4 Å². The van der Waals surface area contributed by atoms with E-state index in [1.54, 1.807) is 39.0 Å². The van der Waals surface area contributed by atoms with Gasteiger partial charge in [-0.15, -0.1) is 0 Å². The van der Waals surface area contributed by atoms with Crippen LogP contribution in [0.5, 0.6) is 0 Å². The highest BCUT2D eigenvalue weighted by molar-refractivity contribution is 5.89. The highest BCUT2D eigenvalue weighted by atomic mass is 19.1. The predicted octanol–water partition coefficient (Wildman–Crippen LogP) is 4.77. The van der Waals surface area contributed by atoms with Crippen LogP contribution < -0.4 is 5.32 Å². The molecule has 2 heterocycles. The number of nitriles is 1. The Morgan fingerprint density at radius 2 is 2.00 bits per heavy atom. The lowest BCUT2D eigenvalue weighted by Gasteiger charge is -2.22. The predicted molar refractivity (Wildman–Crippen MR) is 121 cm³/mol. The van der Waals surface area contributed by atoms with Crippen LogP contribution in [0, 0.1) is 17.1 Å². The van der Waals surface area contributed by atoms with E-state index in [1.807, 2.05) is 18.3 Å². The van der Waals surface area contributed by atoms with Crippen LogP contribution in [0.4, 0.5) is 9.18 Å². The highest BCUT2D eigenvalue weighted by Gasteiger charge is 2.25. The molecule has 0 saturated carbocycles. The van der Waals surface area contributed by atoms with Gasteiger partial charge in [-0.1, -0.05) is 6.07 Å². The average Bonchev–Trinajstić information content (AvgIpc) is 3.40. The van der Waals surface area contributed by atoms with Gasteiger partial charge in [0.2, 0.25) is 0 Å². The SMILES string of the molecule is CC(C)(C)OC(=O)N[C@@H](Cc1c[nH]c2cccc(C#N)c12)c1nc(-c2ccc(F)cc2)n[nH]1. The van der Waals surface area contributed by atoms with Crippen molar-refractivity contribution in [3.63, 3.8) is 0 Å². The number of aromatic amines is 2. The summed E-state index contributed by atoms with van der Waals surface area (Å²) >= 11 is 0. The first kappa shape index (κ1) is 22.0. The van der Waals surface area contributed by atoms with Gasteiger partial charge in [0, 0.05) is 29.1 Å². The molecule has 0 aliphatic carbocycles. The molecule has 168 valence electrons. The van der Waals surface area contributed by atoms with E-state index in [-0.39, 0.29) is 5.82 Å². The molecule has 0 unspecified atom stereocenters. The number of carbonyl (C=O) groups excluding carboxylic acids is 1. The highest BCUT2D eigenvalue weighted by Crippen LogP contribution is 2.27. The molecule has 0 spiro atoms. The van der Waals surface area contributed by atoms with Crippen LogP contribution >= 0.6 is 0 Å². The van der Waals surface area contributed by atoms with Crippen LogP contribution in [-0.2, 0) is 11.2 Å². The number of benzene rings is 2. The molecule has 0 bridgehead atoms. The van der Waals surface area contributed by atoms with Crippen LogP contribution in [0.1, 0.15) is 43.8 Å². The Bertz CT molecular complexity index is 1330. The molecule has 2 aromatic heterocycles. The maximum Gasteiger partial charge on any atom is 0.408 e. The molecule has 0 aliphatic rings. The molecule has 8 nitrogen and oxygen atoms in total. The minimum absolute atomic E-state index is 0.329. The summed E-state index contributed by atoms with van der Waals surface area (Å²) in [5, 5.41) is 20.3. The molecule has 1 atom stereocenters. The molecule has 0 radical (unpaired) electrons. The van der Waals surface area contributed by atoms with E-state index >= 15 is 0 Å². The van der Waals surface area contributed by atoms with Gasteiger partial charge in [-0.2, -0.15) is 10.4 Å². The van der Waals surface area contributed by atoms with Gasteiger partial charge in [0.1, 0.15) is 17.2 Å². The number of halogens is 1. The van der Waals surface area contributed by atoms with Crippen molar-refractivity contribution < 1.29 is 13.9 Å². The monoisotopic (exact) mass is 446 g/mol. The van der Waals surface area contributed by atoms with Crippen molar-refractivity contribution >= 4 is 17.0 Å². The number of hydrogen-bond acceptors (Lipinski definition) is 5. The Hall–Kier alpha value is -4.19. The fraction of sp³-hybridized carbons (Fsp3) is 0.250. The Morgan fingerprint density at radius 3 is 2.70 bits per heavy atom. The summed E-state index contributed by atoms with van der Waals surface area (Å²) in [7, 11) is 0. The van der Waals surface area contributed by atoms with Gasteiger partial charge in [0.05, 0.1) is 17.7 Å². The van der Waals surface area contributed by atoms with Crippen molar-refractivity contribution in [2.24, 2.45) is 0 Å². The topological polar surface area (TPSA) is 119 Å². The van der Waals surface area contributed by atoms with Gasteiger partial charge in [-0.25, -0.2) is 14.2 Å². The number of H-pyrrole nitrogens is 2. The van der Waals surface area contributed by atoms with Gasteiger partial charge in [0.25, 0.3) is 0 Å². The van der Waals surface area contributed by atoms with E-state index in [0.29, 0.717) is 29.2 Å². The molecule has 2 aromatic carbocycles. The zero-order valence-corrected chi connectivity index (χ0v) is 18.4. The average molecular weight is 446 g/mol. The normalized spacial score (nSPS) is 12.3. The summed E-state index contributed by atoms with van der Waals surface area (Å²) in [6.07, 6.45) is 1.54. The molecule has 4 aromatic rings. The lowest BCUT2D eigenvalue weighted by atomic mass is 10.0. The second-order valence-electron chi connectivity index (χ2n) is 8.61. The number of carbonyl (C=O) groups is 1. The first-order valence-corrected chi connectivity index (χ1v) is 10.4. The van der Waals surface area contributed by atoms with Crippen molar-refractivity contribution in [3.8, 4) is 17.5 Å². The largest absolute Gasteiger partial charge is 0.444 e. The van der Waals surface area contributed by atoms with E-state index in [4.69, 9.17) is 4.74 Å². The van der Waals surface area contributed by atoms with Gasteiger partial charge in [0.15, 0.2) is 5.82 Å². The van der Waals surface area contributed by atoms with Crippen molar-refractivity contribution in [3.05, 3.63) is 71.4 Å². The van der Waals surface area contributed by atoms with Crippen LogP contribution in [0.3, 0.4) is 0 Å². The number of fused-ring (bicyclic) bond motifs is 1. The molecule has 33 heavy (non-hydrogen) atoms. The summed E-state index contributed by atoms with van der Waals surface area (Å²) < 4.78 is 18.7. The third kappa shape index (κ3) is 5.01. The molecule has 0 fully saturated rings. The van der Waals surface area contributed by atoms with Gasteiger partial charge in [-0.3, -0.25) is 5.10 Å². The van der Waals surface area contributed by atoms with E-state index in [1.165, 1.54) is 12.1 Å². The van der Waals surface area contributed by atoms with Crippen molar-refractivity contribution in [2.75, 3.05) is 0 Å². The standard InChI is InChI=1S/C24H23FN6O2/c1-24(2,3)33-23(32)28-19(11-16-13-27-18-6-4-5-15(12-26)20(16)18)22-29-21(30-31-22)14-7-9-17(25)10-8-14/h4-10,13,19,27H,11H2,1-3H3,(H,28,32)(H,29,30,31)/t19-/m0/s1. The quantitative estimate of drug-likeness (QED) is 0.408. The number of nitrogens with zero attached hydrogens (tertiary/aromatic N) is 3. The summed E-state index contributed by atoms with van der Waals surface area (Å²) in [5.74, 6) is 0.424. The third-order valence-electron chi connectivity index (χ3n) is 4.96.